The Morgan fingerprint density at radius 3 is 2.46 bits per heavy atom. The third-order valence-corrected chi connectivity index (χ3v) is 5.84. The van der Waals surface area contributed by atoms with Crippen LogP contribution in [0.3, 0.4) is 0 Å². The first kappa shape index (κ1) is 24.2. The lowest BCUT2D eigenvalue weighted by molar-refractivity contribution is -0.129. The molecule has 35 heavy (non-hydrogen) atoms. The number of ether oxygens (including phenoxy) is 3. The second-order valence-electron chi connectivity index (χ2n) is 8.35. The molecule has 0 saturated heterocycles. The SMILES string of the molecule is COc1cc(/C=C2\N=C(c3ccc(C(C)C)cc3)OC2=O)cc(Cl)c1OC(=O)c1ccccc1C. The van der Waals surface area contributed by atoms with Gasteiger partial charge in [-0.3, -0.25) is 0 Å². The van der Waals surface area contributed by atoms with E-state index in [4.69, 9.17) is 25.8 Å². The molecule has 1 aliphatic rings. The topological polar surface area (TPSA) is 74.2 Å². The molecule has 6 nitrogen and oxygen atoms in total. The predicted octanol–water partition coefficient (Wildman–Crippen LogP) is 6.34. The largest absolute Gasteiger partial charge is 0.493 e. The number of aryl methyl sites for hydroxylation is 1. The molecular weight excluding hydrogens is 466 g/mol. The highest BCUT2D eigenvalue weighted by Crippen LogP contribution is 2.38. The summed E-state index contributed by atoms with van der Waals surface area (Å²) in [5, 5.41) is 0.151. The van der Waals surface area contributed by atoms with Gasteiger partial charge < -0.3 is 14.2 Å². The van der Waals surface area contributed by atoms with Gasteiger partial charge in [0.15, 0.2) is 17.2 Å². The van der Waals surface area contributed by atoms with Crippen LogP contribution in [-0.4, -0.2) is 24.9 Å². The van der Waals surface area contributed by atoms with Gasteiger partial charge >= 0.3 is 11.9 Å². The Balaban J connectivity index is 1.61. The van der Waals surface area contributed by atoms with Crippen molar-refractivity contribution in [2.45, 2.75) is 26.7 Å². The van der Waals surface area contributed by atoms with Gasteiger partial charge in [0.25, 0.3) is 0 Å². The van der Waals surface area contributed by atoms with E-state index < -0.39 is 11.9 Å². The summed E-state index contributed by atoms with van der Waals surface area (Å²) in [7, 11) is 1.44. The summed E-state index contributed by atoms with van der Waals surface area (Å²) in [6.45, 7) is 6.04. The lowest BCUT2D eigenvalue weighted by Gasteiger charge is -2.13. The molecule has 0 radical (unpaired) electrons. The summed E-state index contributed by atoms with van der Waals surface area (Å²) in [6.07, 6.45) is 1.54. The number of hydrogen-bond acceptors (Lipinski definition) is 6. The standard InChI is InChI=1S/C28H24ClNO5/c1-16(2)19-9-11-20(12-10-19)26-30-23(28(32)35-26)14-18-13-22(29)25(24(15-18)33-4)34-27(31)21-8-6-5-7-17(21)3/h5-16H,1-4H3/b23-14-. The fraction of sp³-hybridized carbons (Fsp3) is 0.179. The van der Waals surface area contributed by atoms with Crippen LogP contribution in [-0.2, 0) is 9.53 Å². The first-order chi connectivity index (χ1) is 16.8. The molecule has 0 aromatic heterocycles. The van der Waals surface area contributed by atoms with Gasteiger partial charge in [0.05, 0.1) is 17.7 Å². The number of hydrogen-bond donors (Lipinski definition) is 0. The molecule has 1 heterocycles. The molecule has 4 rings (SSSR count). The van der Waals surface area contributed by atoms with Crippen molar-refractivity contribution in [2.75, 3.05) is 7.11 Å². The Morgan fingerprint density at radius 1 is 1.09 bits per heavy atom. The fourth-order valence-corrected chi connectivity index (χ4v) is 3.83. The average Bonchev–Trinajstić information content (AvgIpc) is 3.20. The van der Waals surface area contributed by atoms with Gasteiger partial charge in [-0.05, 0) is 65.9 Å². The highest BCUT2D eigenvalue weighted by atomic mass is 35.5. The van der Waals surface area contributed by atoms with Crippen molar-refractivity contribution in [1.82, 2.24) is 0 Å². The Kier molecular flexibility index (Phi) is 7.03. The van der Waals surface area contributed by atoms with Crippen LogP contribution in [0.15, 0.2) is 71.4 Å². The molecule has 0 aliphatic carbocycles. The van der Waals surface area contributed by atoms with Gasteiger partial charge in [-0.1, -0.05) is 55.8 Å². The molecule has 0 spiro atoms. The number of benzene rings is 3. The third-order valence-electron chi connectivity index (χ3n) is 5.56. The molecular formula is C28H24ClNO5. The summed E-state index contributed by atoms with van der Waals surface area (Å²) in [4.78, 5) is 29.5. The number of nitrogens with zero attached hydrogens (tertiary/aromatic N) is 1. The van der Waals surface area contributed by atoms with Crippen LogP contribution >= 0.6 is 11.6 Å². The van der Waals surface area contributed by atoms with Gasteiger partial charge in [-0.2, -0.15) is 0 Å². The van der Waals surface area contributed by atoms with Crippen molar-refractivity contribution >= 4 is 35.5 Å². The Hall–Kier alpha value is -3.90. The molecule has 7 heteroatoms. The van der Waals surface area contributed by atoms with Crippen LogP contribution in [0.4, 0.5) is 0 Å². The van der Waals surface area contributed by atoms with Gasteiger partial charge in [-0.25, -0.2) is 14.6 Å². The minimum absolute atomic E-state index is 0.0907. The van der Waals surface area contributed by atoms with Crippen LogP contribution in [0.25, 0.3) is 6.08 Å². The quantitative estimate of drug-likeness (QED) is 0.229. The molecule has 3 aromatic rings. The monoisotopic (exact) mass is 489 g/mol. The smallest absolute Gasteiger partial charge is 0.363 e. The summed E-state index contributed by atoms with van der Waals surface area (Å²) in [5.74, 6) is -0.159. The minimum Gasteiger partial charge on any atom is -0.493 e. The molecule has 3 aromatic carbocycles. The second kappa shape index (κ2) is 10.2. The summed E-state index contributed by atoms with van der Waals surface area (Å²) in [5.41, 5.74) is 3.75. The molecule has 0 fully saturated rings. The molecule has 0 atom stereocenters. The van der Waals surface area contributed by atoms with Crippen LogP contribution in [0, 0.1) is 6.92 Å². The molecule has 0 saturated carbocycles. The number of rotatable bonds is 6. The van der Waals surface area contributed by atoms with E-state index in [9.17, 15) is 9.59 Å². The molecule has 1 aliphatic heterocycles. The van der Waals surface area contributed by atoms with E-state index in [1.807, 2.05) is 43.3 Å². The summed E-state index contributed by atoms with van der Waals surface area (Å²) in [6, 6.07) is 18.0. The number of esters is 2. The number of halogens is 1. The van der Waals surface area contributed by atoms with Gasteiger partial charge in [0.1, 0.15) is 0 Å². The Morgan fingerprint density at radius 2 is 1.80 bits per heavy atom. The van der Waals surface area contributed by atoms with E-state index in [-0.39, 0.29) is 28.1 Å². The van der Waals surface area contributed by atoms with Crippen molar-refractivity contribution < 1.29 is 23.8 Å². The van der Waals surface area contributed by atoms with Crippen LogP contribution in [0.2, 0.25) is 5.02 Å². The van der Waals surface area contributed by atoms with E-state index in [1.165, 1.54) is 12.7 Å². The Bertz CT molecular complexity index is 1360. The van der Waals surface area contributed by atoms with E-state index in [0.29, 0.717) is 22.6 Å². The van der Waals surface area contributed by atoms with Gasteiger partial charge in [0, 0.05) is 5.56 Å². The Labute approximate surface area is 208 Å². The average molecular weight is 490 g/mol. The summed E-state index contributed by atoms with van der Waals surface area (Å²) < 4.78 is 16.3. The number of carbonyl (C=O) groups is 2. The summed E-state index contributed by atoms with van der Waals surface area (Å²) >= 11 is 6.43. The van der Waals surface area contributed by atoms with E-state index in [2.05, 4.69) is 18.8 Å². The first-order valence-electron chi connectivity index (χ1n) is 11.0. The van der Waals surface area contributed by atoms with Crippen molar-refractivity contribution in [3.05, 3.63) is 99.2 Å². The lowest BCUT2D eigenvalue weighted by atomic mass is 10.0. The number of carbonyl (C=O) groups excluding carboxylic acids is 2. The van der Waals surface area contributed by atoms with E-state index in [0.717, 1.165) is 5.56 Å². The van der Waals surface area contributed by atoms with Crippen molar-refractivity contribution in [2.24, 2.45) is 4.99 Å². The highest BCUT2D eigenvalue weighted by Gasteiger charge is 2.25. The van der Waals surface area contributed by atoms with Crippen molar-refractivity contribution in [3.8, 4) is 11.5 Å². The molecule has 178 valence electrons. The first-order valence-corrected chi connectivity index (χ1v) is 11.4. The third kappa shape index (κ3) is 5.28. The van der Waals surface area contributed by atoms with Crippen LogP contribution in [0.1, 0.15) is 52.4 Å². The minimum atomic E-state index is -0.571. The fourth-order valence-electron chi connectivity index (χ4n) is 3.57. The van der Waals surface area contributed by atoms with Crippen molar-refractivity contribution in [3.63, 3.8) is 0 Å². The second-order valence-corrected chi connectivity index (χ2v) is 8.76. The maximum absolute atomic E-state index is 12.7. The maximum atomic E-state index is 12.7. The molecule has 0 bridgehead atoms. The molecule has 0 unspecified atom stereocenters. The van der Waals surface area contributed by atoms with Crippen molar-refractivity contribution in [1.29, 1.82) is 0 Å². The highest BCUT2D eigenvalue weighted by molar-refractivity contribution is 6.32. The number of aliphatic imine (C=N–C) groups is 1. The van der Waals surface area contributed by atoms with Crippen LogP contribution < -0.4 is 9.47 Å². The molecule has 0 amide bonds. The van der Waals surface area contributed by atoms with Gasteiger partial charge in [0.2, 0.25) is 5.90 Å². The van der Waals surface area contributed by atoms with Gasteiger partial charge in [-0.15, -0.1) is 0 Å². The number of cyclic esters (lactones) is 1. The zero-order chi connectivity index (χ0) is 25.1. The number of methoxy groups -OCH3 is 1. The lowest BCUT2D eigenvalue weighted by Crippen LogP contribution is -2.11. The zero-order valence-corrected chi connectivity index (χ0v) is 20.6. The predicted molar refractivity (Wildman–Crippen MR) is 135 cm³/mol. The van der Waals surface area contributed by atoms with Crippen LogP contribution in [0.5, 0.6) is 11.5 Å². The van der Waals surface area contributed by atoms with E-state index in [1.54, 1.807) is 30.3 Å². The normalized spacial score (nSPS) is 14.2. The maximum Gasteiger partial charge on any atom is 0.363 e. The zero-order valence-electron chi connectivity index (χ0n) is 19.8. The van der Waals surface area contributed by atoms with E-state index >= 15 is 0 Å². The molecule has 0 N–H and O–H groups in total.